The van der Waals surface area contributed by atoms with Gasteiger partial charge in [0.25, 0.3) is 0 Å². The predicted molar refractivity (Wildman–Crippen MR) is 68.7 cm³/mol. The van der Waals surface area contributed by atoms with Crippen molar-refractivity contribution in [2.75, 3.05) is 19.7 Å². The normalized spacial score (nSPS) is 17.7. The highest BCUT2D eigenvalue weighted by molar-refractivity contribution is 5.75. The zero-order valence-corrected chi connectivity index (χ0v) is 10.7. The summed E-state index contributed by atoms with van der Waals surface area (Å²) in [6.45, 7) is 1.84. The third kappa shape index (κ3) is 7.34. The lowest BCUT2D eigenvalue weighted by Gasteiger charge is -2.15. The quantitative estimate of drug-likeness (QED) is 0.526. The van der Waals surface area contributed by atoms with E-state index in [1.54, 1.807) is 0 Å². The molecule has 1 aliphatic rings. The van der Waals surface area contributed by atoms with Crippen molar-refractivity contribution in [3.05, 3.63) is 0 Å². The van der Waals surface area contributed by atoms with Gasteiger partial charge < -0.3 is 15.8 Å². The van der Waals surface area contributed by atoms with Gasteiger partial charge in [-0.25, -0.2) is 0 Å². The lowest BCUT2D eigenvalue weighted by atomic mass is 10.1. The van der Waals surface area contributed by atoms with E-state index in [1.807, 2.05) is 0 Å². The molecule has 0 aliphatic heterocycles. The van der Waals surface area contributed by atoms with Crippen LogP contribution in [0, 0.1) is 0 Å². The molecule has 4 heteroatoms. The summed E-state index contributed by atoms with van der Waals surface area (Å²) in [7, 11) is 0. The Morgan fingerprint density at radius 2 is 1.94 bits per heavy atom. The topological polar surface area (TPSA) is 64.4 Å². The van der Waals surface area contributed by atoms with Crippen LogP contribution in [0.5, 0.6) is 0 Å². The molecule has 4 nitrogen and oxygen atoms in total. The van der Waals surface area contributed by atoms with Crippen molar-refractivity contribution in [3.63, 3.8) is 0 Å². The largest absolute Gasteiger partial charge is 0.376 e. The average Bonchev–Trinajstić information content (AvgIpc) is 2.60. The minimum atomic E-state index is 0.0833. The summed E-state index contributed by atoms with van der Waals surface area (Å²) >= 11 is 0. The van der Waals surface area contributed by atoms with Gasteiger partial charge in [-0.15, -0.1) is 0 Å². The van der Waals surface area contributed by atoms with Crippen molar-refractivity contribution in [3.8, 4) is 0 Å². The van der Waals surface area contributed by atoms with E-state index in [0.29, 0.717) is 32.2 Å². The second-order valence-electron chi connectivity index (χ2n) is 4.73. The maximum Gasteiger partial charge on any atom is 0.220 e. The second-order valence-corrected chi connectivity index (χ2v) is 4.73. The summed E-state index contributed by atoms with van der Waals surface area (Å²) in [5.41, 5.74) is 5.34. The van der Waals surface area contributed by atoms with Crippen LogP contribution in [0.2, 0.25) is 0 Å². The van der Waals surface area contributed by atoms with Crippen molar-refractivity contribution >= 4 is 5.91 Å². The molecular weight excluding hydrogens is 216 g/mol. The van der Waals surface area contributed by atoms with Crippen molar-refractivity contribution < 1.29 is 9.53 Å². The minimum Gasteiger partial charge on any atom is -0.376 e. The van der Waals surface area contributed by atoms with Gasteiger partial charge in [-0.3, -0.25) is 4.79 Å². The van der Waals surface area contributed by atoms with Crippen LogP contribution in [0.3, 0.4) is 0 Å². The second kappa shape index (κ2) is 9.42. The molecule has 0 aromatic carbocycles. The Balaban J connectivity index is 1.97. The van der Waals surface area contributed by atoms with Crippen molar-refractivity contribution in [1.82, 2.24) is 5.32 Å². The van der Waals surface area contributed by atoms with Crippen LogP contribution in [0.1, 0.15) is 51.4 Å². The van der Waals surface area contributed by atoms with Gasteiger partial charge >= 0.3 is 0 Å². The van der Waals surface area contributed by atoms with Crippen LogP contribution in [0.25, 0.3) is 0 Å². The zero-order valence-electron chi connectivity index (χ0n) is 10.7. The number of hydrogen-bond donors (Lipinski definition) is 2. The van der Waals surface area contributed by atoms with Crippen LogP contribution in [-0.4, -0.2) is 31.7 Å². The summed E-state index contributed by atoms with van der Waals surface area (Å²) in [5.74, 6) is 0.0833. The molecule has 100 valence electrons. The molecule has 0 atom stereocenters. The summed E-state index contributed by atoms with van der Waals surface area (Å²) in [5, 5.41) is 2.85. The van der Waals surface area contributed by atoms with Gasteiger partial charge in [0.15, 0.2) is 0 Å². The molecule has 0 radical (unpaired) electrons. The van der Waals surface area contributed by atoms with Gasteiger partial charge in [-0.05, 0) is 25.8 Å². The standard InChI is InChI=1S/C13H26N2O2/c14-9-5-8-13(16)15-10-11-17-12-6-3-1-2-4-7-12/h12H,1-11,14H2,(H,15,16). The van der Waals surface area contributed by atoms with E-state index < -0.39 is 0 Å². The number of nitrogens with one attached hydrogen (secondary N) is 1. The van der Waals surface area contributed by atoms with Crippen LogP contribution >= 0.6 is 0 Å². The maximum absolute atomic E-state index is 11.3. The first kappa shape index (κ1) is 14.5. The third-order valence-corrected chi connectivity index (χ3v) is 3.19. The van der Waals surface area contributed by atoms with E-state index in [2.05, 4.69) is 5.32 Å². The highest BCUT2D eigenvalue weighted by atomic mass is 16.5. The molecule has 17 heavy (non-hydrogen) atoms. The SMILES string of the molecule is NCCCC(=O)NCCOC1CCCCCC1. The lowest BCUT2D eigenvalue weighted by Crippen LogP contribution is -2.29. The first-order chi connectivity index (χ1) is 8.33. The van der Waals surface area contributed by atoms with Gasteiger partial charge in [0, 0.05) is 13.0 Å². The van der Waals surface area contributed by atoms with Gasteiger partial charge in [-0.1, -0.05) is 25.7 Å². The number of hydrogen-bond acceptors (Lipinski definition) is 3. The number of amides is 1. The summed E-state index contributed by atoms with van der Waals surface area (Å²) < 4.78 is 5.78. The van der Waals surface area contributed by atoms with Gasteiger partial charge in [-0.2, -0.15) is 0 Å². The number of ether oxygens (including phenoxy) is 1. The predicted octanol–water partition coefficient (Wildman–Crippen LogP) is 1.58. The molecule has 0 spiro atoms. The van der Waals surface area contributed by atoms with E-state index in [4.69, 9.17) is 10.5 Å². The number of nitrogens with two attached hydrogens (primary N) is 1. The van der Waals surface area contributed by atoms with E-state index in [1.165, 1.54) is 38.5 Å². The third-order valence-electron chi connectivity index (χ3n) is 3.19. The highest BCUT2D eigenvalue weighted by Gasteiger charge is 2.12. The Morgan fingerprint density at radius 1 is 1.24 bits per heavy atom. The fourth-order valence-electron chi connectivity index (χ4n) is 2.18. The molecule has 1 aliphatic carbocycles. The van der Waals surface area contributed by atoms with Crippen LogP contribution in [-0.2, 0) is 9.53 Å². The Hall–Kier alpha value is -0.610. The van der Waals surface area contributed by atoms with E-state index in [9.17, 15) is 4.79 Å². The Kier molecular flexibility index (Phi) is 8.01. The maximum atomic E-state index is 11.3. The molecule has 0 heterocycles. The molecule has 0 bridgehead atoms. The first-order valence-electron chi connectivity index (χ1n) is 6.91. The van der Waals surface area contributed by atoms with Crippen molar-refractivity contribution in [2.24, 2.45) is 5.73 Å². The van der Waals surface area contributed by atoms with Gasteiger partial charge in [0.05, 0.1) is 12.7 Å². The smallest absolute Gasteiger partial charge is 0.220 e. The molecule has 0 aromatic heterocycles. The van der Waals surface area contributed by atoms with Crippen molar-refractivity contribution in [1.29, 1.82) is 0 Å². The lowest BCUT2D eigenvalue weighted by molar-refractivity contribution is -0.121. The summed E-state index contributed by atoms with van der Waals surface area (Å²) in [4.78, 5) is 11.3. The number of rotatable bonds is 7. The molecule has 0 saturated heterocycles. The molecule has 1 saturated carbocycles. The fraction of sp³-hybridized carbons (Fsp3) is 0.923. The molecule has 0 unspecified atom stereocenters. The molecule has 3 N–H and O–H groups in total. The van der Waals surface area contributed by atoms with Gasteiger partial charge in [0.2, 0.25) is 5.91 Å². The fourth-order valence-corrected chi connectivity index (χ4v) is 2.18. The van der Waals surface area contributed by atoms with Crippen LogP contribution < -0.4 is 11.1 Å². The minimum absolute atomic E-state index is 0.0833. The summed E-state index contributed by atoms with van der Waals surface area (Å²) in [6.07, 6.45) is 9.32. The van der Waals surface area contributed by atoms with Gasteiger partial charge in [0.1, 0.15) is 0 Å². The molecule has 1 rings (SSSR count). The number of carbonyl (C=O) groups is 1. The van der Waals surface area contributed by atoms with Crippen molar-refractivity contribution in [2.45, 2.75) is 57.5 Å². The Labute approximate surface area is 104 Å². The monoisotopic (exact) mass is 242 g/mol. The first-order valence-corrected chi connectivity index (χ1v) is 6.91. The van der Waals surface area contributed by atoms with E-state index in [-0.39, 0.29) is 5.91 Å². The highest BCUT2D eigenvalue weighted by Crippen LogP contribution is 2.19. The van der Waals surface area contributed by atoms with Crippen LogP contribution in [0.15, 0.2) is 0 Å². The van der Waals surface area contributed by atoms with Crippen LogP contribution in [0.4, 0.5) is 0 Å². The molecule has 1 amide bonds. The molecule has 1 fully saturated rings. The Bertz CT molecular complexity index is 202. The van der Waals surface area contributed by atoms with E-state index >= 15 is 0 Å². The summed E-state index contributed by atoms with van der Waals surface area (Å²) in [6, 6.07) is 0. The average molecular weight is 242 g/mol. The van der Waals surface area contributed by atoms with E-state index in [0.717, 1.165) is 6.42 Å². The zero-order chi connectivity index (χ0) is 12.3. The number of carbonyl (C=O) groups excluding carboxylic acids is 1. The molecular formula is C13H26N2O2. The Morgan fingerprint density at radius 3 is 2.59 bits per heavy atom. The molecule has 0 aromatic rings.